The minimum absolute atomic E-state index is 0.205. The molecule has 3 aromatic carbocycles. The van der Waals surface area contributed by atoms with Gasteiger partial charge in [0.15, 0.2) is 18.1 Å². The molecule has 0 bridgehead atoms. The highest BCUT2D eigenvalue weighted by Crippen LogP contribution is 2.33. The molecule has 9 nitrogen and oxygen atoms in total. The van der Waals surface area contributed by atoms with Crippen LogP contribution in [0.5, 0.6) is 11.5 Å². The third-order valence-electron chi connectivity index (χ3n) is 5.47. The van der Waals surface area contributed by atoms with Gasteiger partial charge in [-0.15, -0.1) is 0 Å². The second kappa shape index (κ2) is 14.1. The minimum atomic E-state index is -0.870. The summed E-state index contributed by atoms with van der Waals surface area (Å²) in [5.74, 6) is -1.14. The molecule has 10 heteroatoms. The largest absolute Gasteiger partial charge is 0.493 e. The van der Waals surface area contributed by atoms with Crippen LogP contribution in [0.25, 0.3) is 0 Å². The Morgan fingerprint density at radius 2 is 1.68 bits per heavy atom. The van der Waals surface area contributed by atoms with Crippen LogP contribution in [0, 0.1) is 17.4 Å². The van der Waals surface area contributed by atoms with Crippen LogP contribution >= 0.6 is 22.6 Å². The van der Waals surface area contributed by atoms with Crippen molar-refractivity contribution in [2.24, 2.45) is 5.10 Å². The number of ether oxygens (including phenoxy) is 2. The van der Waals surface area contributed by atoms with E-state index in [1.807, 2.05) is 62.4 Å². The number of anilines is 1. The Balaban J connectivity index is 1.53. The third kappa shape index (κ3) is 8.30. The molecule has 0 unspecified atom stereocenters. The first-order chi connectivity index (χ1) is 18.3. The van der Waals surface area contributed by atoms with Crippen LogP contribution in [0.4, 0.5) is 5.69 Å². The van der Waals surface area contributed by atoms with Gasteiger partial charge in [-0.05, 0) is 77.2 Å². The van der Waals surface area contributed by atoms with Crippen LogP contribution in [-0.4, -0.2) is 44.2 Å². The van der Waals surface area contributed by atoms with Crippen molar-refractivity contribution >= 4 is 52.2 Å². The molecule has 0 aliphatic heterocycles. The van der Waals surface area contributed by atoms with Crippen LogP contribution in [0.15, 0.2) is 65.8 Å². The van der Waals surface area contributed by atoms with Crippen LogP contribution in [0.3, 0.4) is 0 Å². The van der Waals surface area contributed by atoms with Gasteiger partial charge >= 0.3 is 11.8 Å². The first kappa shape index (κ1) is 28.6. The summed E-state index contributed by atoms with van der Waals surface area (Å²) in [6.45, 7) is 3.98. The standard InChI is InChI=1S/C28H29IN4O5/c1-18-8-7-9-19(2)25(18)32-24(34)17-38-26-22(29)14-21(15-23(26)37-3)16-31-33-28(36)27(35)30-13-12-20-10-5-4-6-11-20/h4-11,14-16H,12-13,17H2,1-3H3,(H,30,35)(H,32,34)(H,33,36)/b31-16+. The second-order valence-electron chi connectivity index (χ2n) is 8.33. The Hall–Kier alpha value is -3.93. The molecule has 38 heavy (non-hydrogen) atoms. The number of hydrazone groups is 1. The monoisotopic (exact) mass is 628 g/mol. The van der Waals surface area contributed by atoms with Crippen molar-refractivity contribution in [3.05, 3.63) is 86.5 Å². The topological polar surface area (TPSA) is 118 Å². The highest BCUT2D eigenvalue weighted by atomic mass is 127. The van der Waals surface area contributed by atoms with Gasteiger partial charge in [0.25, 0.3) is 5.91 Å². The number of benzene rings is 3. The first-order valence-electron chi connectivity index (χ1n) is 11.8. The van der Waals surface area contributed by atoms with Crippen molar-refractivity contribution < 1.29 is 23.9 Å². The van der Waals surface area contributed by atoms with E-state index in [2.05, 4.69) is 43.8 Å². The van der Waals surface area contributed by atoms with Crippen molar-refractivity contribution in [1.29, 1.82) is 0 Å². The number of carbonyl (C=O) groups is 3. The third-order valence-corrected chi connectivity index (χ3v) is 6.27. The van der Waals surface area contributed by atoms with Gasteiger partial charge in [-0.25, -0.2) is 5.43 Å². The summed E-state index contributed by atoms with van der Waals surface area (Å²) in [6, 6.07) is 18.8. The Labute approximate surface area is 235 Å². The summed E-state index contributed by atoms with van der Waals surface area (Å²) < 4.78 is 11.9. The molecule has 3 amide bonds. The molecule has 3 rings (SSSR count). The number of carbonyl (C=O) groups excluding carboxylic acids is 3. The van der Waals surface area contributed by atoms with Gasteiger partial charge in [-0.1, -0.05) is 48.5 Å². The van der Waals surface area contributed by atoms with Crippen molar-refractivity contribution in [3.63, 3.8) is 0 Å². The quantitative estimate of drug-likeness (QED) is 0.137. The van der Waals surface area contributed by atoms with Crippen molar-refractivity contribution in [3.8, 4) is 11.5 Å². The highest BCUT2D eigenvalue weighted by Gasteiger charge is 2.15. The summed E-state index contributed by atoms with van der Waals surface area (Å²) in [5, 5.41) is 9.31. The number of amides is 3. The number of rotatable bonds is 10. The van der Waals surface area contributed by atoms with E-state index in [4.69, 9.17) is 9.47 Å². The van der Waals surface area contributed by atoms with E-state index in [9.17, 15) is 14.4 Å². The number of nitrogens with one attached hydrogen (secondary N) is 3. The zero-order valence-electron chi connectivity index (χ0n) is 21.3. The molecule has 0 radical (unpaired) electrons. The zero-order valence-corrected chi connectivity index (χ0v) is 23.5. The van der Waals surface area contributed by atoms with Gasteiger partial charge in [0.1, 0.15) is 0 Å². The number of hydrogen-bond donors (Lipinski definition) is 3. The van der Waals surface area contributed by atoms with Crippen molar-refractivity contribution in [2.45, 2.75) is 20.3 Å². The molecule has 0 saturated heterocycles. The SMILES string of the molecule is COc1cc(/C=N/NC(=O)C(=O)NCCc2ccccc2)cc(I)c1OCC(=O)Nc1c(C)cccc1C. The molecule has 3 aromatic rings. The summed E-state index contributed by atoms with van der Waals surface area (Å²) in [6.07, 6.45) is 2.00. The van der Waals surface area contributed by atoms with Crippen LogP contribution in [0.2, 0.25) is 0 Å². The van der Waals surface area contributed by atoms with Crippen molar-refractivity contribution in [1.82, 2.24) is 10.7 Å². The average molecular weight is 628 g/mol. The molecule has 0 saturated carbocycles. The normalized spacial score (nSPS) is 10.6. The molecular formula is C28H29IN4O5. The lowest BCUT2D eigenvalue weighted by molar-refractivity contribution is -0.139. The van der Waals surface area contributed by atoms with Crippen LogP contribution in [0.1, 0.15) is 22.3 Å². The van der Waals surface area contributed by atoms with Gasteiger partial charge in [-0.2, -0.15) is 5.10 Å². The second-order valence-corrected chi connectivity index (χ2v) is 9.49. The molecule has 0 aromatic heterocycles. The number of para-hydroxylation sites is 1. The van der Waals surface area contributed by atoms with Crippen LogP contribution < -0.4 is 25.5 Å². The van der Waals surface area contributed by atoms with E-state index in [0.717, 1.165) is 22.4 Å². The van der Waals surface area contributed by atoms with E-state index in [1.165, 1.54) is 13.3 Å². The zero-order chi connectivity index (χ0) is 27.5. The molecule has 0 heterocycles. The molecule has 0 fully saturated rings. The lowest BCUT2D eigenvalue weighted by Crippen LogP contribution is -2.38. The van der Waals surface area contributed by atoms with Gasteiger partial charge < -0.3 is 20.1 Å². The van der Waals surface area contributed by atoms with Crippen LogP contribution in [-0.2, 0) is 20.8 Å². The fraction of sp³-hybridized carbons (Fsp3) is 0.214. The molecule has 198 valence electrons. The number of methoxy groups -OCH3 is 1. The Morgan fingerprint density at radius 1 is 0.974 bits per heavy atom. The number of halogens is 1. The predicted octanol–water partition coefficient (Wildman–Crippen LogP) is 3.74. The maximum atomic E-state index is 12.5. The summed E-state index contributed by atoms with van der Waals surface area (Å²) in [5.41, 5.74) is 6.57. The van der Waals surface area contributed by atoms with Gasteiger partial charge in [0.05, 0.1) is 16.9 Å². The molecule has 0 spiro atoms. The number of hydrogen-bond acceptors (Lipinski definition) is 6. The molecule has 0 atom stereocenters. The fourth-order valence-electron chi connectivity index (χ4n) is 3.54. The van der Waals surface area contributed by atoms with Gasteiger partial charge in [-0.3, -0.25) is 14.4 Å². The average Bonchev–Trinajstić information content (AvgIpc) is 2.90. The fourth-order valence-corrected chi connectivity index (χ4v) is 4.32. The predicted molar refractivity (Wildman–Crippen MR) is 155 cm³/mol. The van der Waals surface area contributed by atoms with Crippen molar-refractivity contribution in [2.75, 3.05) is 25.6 Å². The van der Waals surface area contributed by atoms with Gasteiger partial charge in [0, 0.05) is 12.2 Å². The minimum Gasteiger partial charge on any atom is -0.493 e. The first-order valence-corrected chi connectivity index (χ1v) is 12.9. The van der Waals surface area contributed by atoms with E-state index < -0.39 is 11.8 Å². The number of aryl methyl sites for hydroxylation is 2. The highest BCUT2D eigenvalue weighted by molar-refractivity contribution is 14.1. The molecule has 3 N–H and O–H groups in total. The number of nitrogens with zero attached hydrogens (tertiary/aromatic N) is 1. The lowest BCUT2D eigenvalue weighted by atomic mass is 10.1. The van der Waals surface area contributed by atoms with E-state index in [1.54, 1.807) is 12.1 Å². The summed E-state index contributed by atoms with van der Waals surface area (Å²) >= 11 is 2.06. The Bertz CT molecular complexity index is 1310. The summed E-state index contributed by atoms with van der Waals surface area (Å²) in [7, 11) is 1.48. The van der Waals surface area contributed by atoms with E-state index >= 15 is 0 Å². The van der Waals surface area contributed by atoms with E-state index in [-0.39, 0.29) is 12.5 Å². The van der Waals surface area contributed by atoms with E-state index in [0.29, 0.717) is 33.6 Å². The lowest BCUT2D eigenvalue weighted by Gasteiger charge is -2.15. The summed E-state index contributed by atoms with van der Waals surface area (Å²) in [4.78, 5) is 36.5. The molecule has 0 aliphatic rings. The van der Waals surface area contributed by atoms with Gasteiger partial charge in [0.2, 0.25) is 0 Å². The molecule has 0 aliphatic carbocycles. The smallest absolute Gasteiger partial charge is 0.329 e. The maximum Gasteiger partial charge on any atom is 0.329 e. The Morgan fingerprint density at radius 3 is 2.37 bits per heavy atom. The molecular weight excluding hydrogens is 599 g/mol. The Kier molecular flexibility index (Phi) is 10.6. The maximum absolute atomic E-state index is 12.5.